The molecule has 3 unspecified atom stereocenters. The number of hydrogen-bond acceptors (Lipinski definition) is 3. The largest absolute Gasteiger partial charge is 0.375 e. The van der Waals surface area contributed by atoms with E-state index >= 15 is 0 Å². The Morgan fingerprint density at radius 1 is 1.50 bits per heavy atom. The van der Waals surface area contributed by atoms with Gasteiger partial charge in [-0.15, -0.1) is 0 Å². The van der Waals surface area contributed by atoms with Gasteiger partial charge in [0.15, 0.2) is 0 Å². The Kier molecular flexibility index (Phi) is 3.22. The predicted molar refractivity (Wildman–Crippen MR) is 62.2 cm³/mol. The Labute approximate surface area is 97.3 Å². The van der Waals surface area contributed by atoms with E-state index in [9.17, 15) is 4.79 Å². The summed E-state index contributed by atoms with van der Waals surface area (Å²) in [4.78, 5) is 14.5. The summed E-state index contributed by atoms with van der Waals surface area (Å²) in [6.45, 7) is 8.44. The molecule has 0 saturated carbocycles. The smallest absolute Gasteiger partial charge is 0.242 e. The predicted octanol–water partition coefficient (Wildman–Crippen LogP) is 0.764. The minimum absolute atomic E-state index is 0.158. The molecule has 0 aromatic heterocycles. The van der Waals surface area contributed by atoms with Crippen molar-refractivity contribution in [2.24, 2.45) is 0 Å². The van der Waals surface area contributed by atoms with Crippen LogP contribution in [0.25, 0.3) is 0 Å². The van der Waals surface area contributed by atoms with Crippen LogP contribution in [0.3, 0.4) is 0 Å². The van der Waals surface area contributed by atoms with Crippen molar-refractivity contribution in [3.8, 4) is 0 Å². The number of hydrogen-bond donors (Lipinski definition) is 1. The minimum atomic E-state index is -0.342. The first-order valence-corrected chi connectivity index (χ1v) is 6.20. The summed E-state index contributed by atoms with van der Waals surface area (Å²) >= 11 is 0. The monoisotopic (exact) mass is 226 g/mol. The first-order valence-electron chi connectivity index (χ1n) is 6.20. The van der Waals surface area contributed by atoms with Crippen LogP contribution in [0.15, 0.2) is 0 Å². The average Bonchev–Trinajstić information content (AvgIpc) is 2.69. The zero-order chi connectivity index (χ0) is 11.8. The molecule has 2 aliphatic rings. The van der Waals surface area contributed by atoms with Gasteiger partial charge in [0.25, 0.3) is 0 Å². The maximum atomic E-state index is 12.5. The van der Waals surface area contributed by atoms with Gasteiger partial charge in [-0.3, -0.25) is 4.79 Å². The van der Waals surface area contributed by atoms with Crippen molar-refractivity contribution in [1.82, 2.24) is 10.2 Å². The molecule has 0 aromatic rings. The highest BCUT2D eigenvalue weighted by molar-refractivity contribution is 5.86. The molecule has 1 N–H and O–H groups in total. The molecule has 4 heteroatoms. The third-order valence-corrected chi connectivity index (χ3v) is 3.71. The lowest BCUT2D eigenvalue weighted by Gasteiger charge is -2.41. The highest BCUT2D eigenvalue weighted by Crippen LogP contribution is 2.24. The molecule has 1 amide bonds. The number of carbonyl (C=O) groups is 1. The zero-order valence-electron chi connectivity index (χ0n) is 10.5. The van der Waals surface area contributed by atoms with E-state index in [1.54, 1.807) is 0 Å². The summed E-state index contributed by atoms with van der Waals surface area (Å²) in [5.74, 6) is 0.243. The van der Waals surface area contributed by atoms with Crippen LogP contribution in [-0.4, -0.2) is 48.2 Å². The lowest BCUT2D eigenvalue weighted by molar-refractivity contribution is -0.149. The van der Waals surface area contributed by atoms with Crippen molar-refractivity contribution in [3.05, 3.63) is 0 Å². The molecule has 0 radical (unpaired) electrons. The molecule has 2 aliphatic heterocycles. The van der Waals surface area contributed by atoms with Crippen LogP contribution in [0.1, 0.15) is 33.6 Å². The summed E-state index contributed by atoms with van der Waals surface area (Å²) < 4.78 is 5.55. The SMILES string of the molecule is CC1CN(C(=O)C2(C)CCCN2)C(C)CO1. The molecule has 16 heavy (non-hydrogen) atoms. The first-order chi connectivity index (χ1) is 7.53. The highest BCUT2D eigenvalue weighted by atomic mass is 16.5. The molecule has 2 fully saturated rings. The molecular weight excluding hydrogens is 204 g/mol. The van der Waals surface area contributed by atoms with Gasteiger partial charge in [-0.1, -0.05) is 0 Å². The summed E-state index contributed by atoms with van der Waals surface area (Å²) in [6.07, 6.45) is 2.20. The van der Waals surface area contributed by atoms with Gasteiger partial charge in [-0.25, -0.2) is 0 Å². The molecule has 2 heterocycles. The Morgan fingerprint density at radius 3 is 2.88 bits per heavy atom. The van der Waals surface area contributed by atoms with Crippen LogP contribution in [-0.2, 0) is 9.53 Å². The van der Waals surface area contributed by atoms with Crippen LogP contribution in [0, 0.1) is 0 Å². The normalized spacial score (nSPS) is 40.1. The second kappa shape index (κ2) is 4.34. The maximum Gasteiger partial charge on any atom is 0.242 e. The summed E-state index contributed by atoms with van der Waals surface area (Å²) in [5, 5.41) is 3.33. The van der Waals surface area contributed by atoms with Crippen molar-refractivity contribution < 1.29 is 9.53 Å². The maximum absolute atomic E-state index is 12.5. The highest BCUT2D eigenvalue weighted by Gasteiger charge is 2.41. The number of amides is 1. The van der Waals surface area contributed by atoms with E-state index in [2.05, 4.69) is 12.2 Å². The third kappa shape index (κ3) is 2.09. The Hall–Kier alpha value is -0.610. The Balaban J connectivity index is 2.07. The summed E-state index contributed by atoms with van der Waals surface area (Å²) in [6, 6.07) is 0.197. The fourth-order valence-corrected chi connectivity index (χ4v) is 2.58. The number of nitrogens with one attached hydrogen (secondary N) is 1. The molecular formula is C12H22N2O2. The number of ether oxygens (including phenoxy) is 1. The van der Waals surface area contributed by atoms with Crippen LogP contribution in [0.2, 0.25) is 0 Å². The van der Waals surface area contributed by atoms with Crippen molar-refractivity contribution in [1.29, 1.82) is 0 Å². The minimum Gasteiger partial charge on any atom is -0.375 e. The van der Waals surface area contributed by atoms with E-state index < -0.39 is 0 Å². The number of rotatable bonds is 1. The van der Waals surface area contributed by atoms with Gasteiger partial charge in [0, 0.05) is 6.54 Å². The molecule has 0 bridgehead atoms. The van der Waals surface area contributed by atoms with Crippen LogP contribution in [0.5, 0.6) is 0 Å². The molecule has 2 saturated heterocycles. The van der Waals surface area contributed by atoms with Gasteiger partial charge in [0.1, 0.15) is 0 Å². The van der Waals surface area contributed by atoms with Crippen LogP contribution < -0.4 is 5.32 Å². The van der Waals surface area contributed by atoms with E-state index in [0.717, 1.165) is 25.9 Å². The van der Waals surface area contributed by atoms with Crippen molar-refractivity contribution in [2.45, 2.75) is 51.3 Å². The zero-order valence-corrected chi connectivity index (χ0v) is 10.5. The molecule has 4 nitrogen and oxygen atoms in total. The van der Waals surface area contributed by atoms with E-state index in [-0.39, 0.29) is 23.6 Å². The second-order valence-electron chi connectivity index (χ2n) is 5.31. The number of nitrogens with zero attached hydrogens (tertiary/aromatic N) is 1. The van der Waals surface area contributed by atoms with E-state index in [1.807, 2.05) is 18.7 Å². The van der Waals surface area contributed by atoms with Crippen molar-refractivity contribution >= 4 is 5.91 Å². The molecule has 0 aromatic carbocycles. The van der Waals surface area contributed by atoms with E-state index in [1.165, 1.54) is 0 Å². The molecule has 0 spiro atoms. The average molecular weight is 226 g/mol. The molecule has 3 atom stereocenters. The molecule has 0 aliphatic carbocycles. The van der Waals surface area contributed by atoms with Gasteiger partial charge >= 0.3 is 0 Å². The fraction of sp³-hybridized carbons (Fsp3) is 0.917. The molecule has 92 valence electrons. The third-order valence-electron chi connectivity index (χ3n) is 3.71. The Morgan fingerprint density at radius 2 is 2.25 bits per heavy atom. The quantitative estimate of drug-likeness (QED) is 0.718. The fourth-order valence-electron chi connectivity index (χ4n) is 2.58. The van der Waals surface area contributed by atoms with Gasteiger partial charge in [-0.2, -0.15) is 0 Å². The van der Waals surface area contributed by atoms with Gasteiger partial charge in [0.2, 0.25) is 5.91 Å². The Bertz CT molecular complexity index is 274. The van der Waals surface area contributed by atoms with Crippen molar-refractivity contribution in [2.75, 3.05) is 19.7 Å². The van der Waals surface area contributed by atoms with Gasteiger partial charge in [0.05, 0.1) is 24.3 Å². The van der Waals surface area contributed by atoms with E-state index in [0.29, 0.717) is 6.61 Å². The van der Waals surface area contributed by atoms with Gasteiger partial charge in [-0.05, 0) is 40.2 Å². The standard InChI is InChI=1S/C12H22N2O2/c1-9-8-16-10(2)7-14(9)11(15)12(3)5-4-6-13-12/h9-10,13H,4-8H2,1-3H3. The van der Waals surface area contributed by atoms with E-state index in [4.69, 9.17) is 4.74 Å². The molecule has 2 rings (SSSR count). The van der Waals surface area contributed by atoms with Crippen LogP contribution >= 0.6 is 0 Å². The van der Waals surface area contributed by atoms with Crippen LogP contribution in [0.4, 0.5) is 0 Å². The summed E-state index contributed by atoms with van der Waals surface area (Å²) in [5.41, 5.74) is -0.342. The topological polar surface area (TPSA) is 41.6 Å². The van der Waals surface area contributed by atoms with Gasteiger partial charge < -0.3 is 15.0 Å². The second-order valence-corrected chi connectivity index (χ2v) is 5.31. The summed E-state index contributed by atoms with van der Waals surface area (Å²) in [7, 11) is 0. The number of morpholine rings is 1. The number of carbonyl (C=O) groups excluding carboxylic acids is 1. The van der Waals surface area contributed by atoms with Crippen molar-refractivity contribution in [3.63, 3.8) is 0 Å². The first kappa shape index (κ1) is 11.9. The lowest BCUT2D eigenvalue weighted by Crippen LogP contribution is -2.59. The lowest BCUT2D eigenvalue weighted by atomic mass is 9.97.